The largest absolute Gasteiger partial charge is 0.351 e. The molecule has 1 fully saturated rings. The summed E-state index contributed by atoms with van der Waals surface area (Å²) in [5, 5.41) is 6.52. The van der Waals surface area contributed by atoms with Crippen LogP contribution in [0, 0.1) is 0 Å². The second-order valence-electron chi connectivity index (χ2n) is 8.82. The number of benzene rings is 1. The van der Waals surface area contributed by atoms with Crippen molar-refractivity contribution in [3.8, 4) is 0 Å². The molecule has 0 saturated heterocycles. The molecule has 1 amide bonds. The van der Waals surface area contributed by atoms with E-state index in [4.69, 9.17) is 0 Å². The topological polar surface area (TPSA) is 112 Å². The Morgan fingerprint density at radius 1 is 1.09 bits per heavy atom. The number of rotatable bonds is 9. The van der Waals surface area contributed by atoms with Crippen LogP contribution in [-0.2, 0) is 4.79 Å². The highest BCUT2D eigenvalue weighted by molar-refractivity contribution is 6.26. The minimum absolute atomic E-state index is 0.131. The zero-order valence-corrected chi connectivity index (χ0v) is 20.3. The first kappa shape index (κ1) is 24.5. The summed E-state index contributed by atoms with van der Waals surface area (Å²) in [7, 11) is 1.68. The lowest BCUT2D eigenvalue weighted by molar-refractivity contribution is -0.111. The number of amides is 1. The highest BCUT2D eigenvalue weighted by Crippen LogP contribution is 2.21. The number of carbonyl (C=O) groups is 2. The molecular weight excluding hydrogens is 440 g/mol. The number of fused-ring (bicyclic) bond motifs is 1. The quantitative estimate of drug-likeness (QED) is 0.250. The number of hydrogen-bond acceptors (Lipinski definition) is 6. The summed E-state index contributed by atoms with van der Waals surface area (Å²) in [6.07, 6.45) is 11.4. The van der Waals surface area contributed by atoms with Crippen molar-refractivity contribution >= 4 is 34.0 Å². The fraction of sp³-hybridized carbons (Fsp3) is 0.370. The molecule has 1 aromatic carbocycles. The first-order chi connectivity index (χ1) is 17.0. The van der Waals surface area contributed by atoms with Gasteiger partial charge in [-0.2, -0.15) is 0 Å². The lowest BCUT2D eigenvalue weighted by Crippen LogP contribution is -2.37. The number of nitrogens with zero attached hydrogens (tertiary/aromatic N) is 3. The molecule has 0 unspecified atom stereocenters. The number of aromatic nitrogens is 3. The number of imidazole rings is 1. The van der Waals surface area contributed by atoms with Crippen molar-refractivity contribution in [2.24, 2.45) is 4.99 Å². The Bertz CT molecular complexity index is 1240. The van der Waals surface area contributed by atoms with Gasteiger partial charge in [0, 0.05) is 49.7 Å². The highest BCUT2D eigenvalue weighted by Gasteiger charge is 2.16. The minimum Gasteiger partial charge on any atom is -0.351 e. The molecule has 4 rings (SSSR count). The van der Waals surface area contributed by atoms with Crippen LogP contribution in [-0.4, -0.2) is 58.5 Å². The number of ketones is 1. The first-order valence-electron chi connectivity index (χ1n) is 12.2. The van der Waals surface area contributed by atoms with Gasteiger partial charge in [-0.3, -0.25) is 19.6 Å². The fourth-order valence-electron chi connectivity index (χ4n) is 4.41. The zero-order chi connectivity index (χ0) is 24.6. The average Bonchev–Trinajstić information content (AvgIpc) is 3.31. The van der Waals surface area contributed by atoms with Crippen LogP contribution in [0.15, 0.2) is 53.8 Å². The van der Waals surface area contributed by atoms with E-state index in [0.717, 1.165) is 12.1 Å². The van der Waals surface area contributed by atoms with E-state index in [1.54, 1.807) is 43.7 Å². The zero-order valence-electron chi connectivity index (χ0n) is 20.3. The number of aliphatic imine (C=N–C) groups is 1. The number of nitrogens with one attached hydrogen (secondary N) is 3. The Labute approximate surface area is 205 Å². The average molecular weight is 473 g/mol. The summed E-state index contributed by atoms with van der Waals surface area (Å²) in [6.45, 7) is 2.84. The SMILES string of the molecule is CN=C(/C=C(\C(C)=O)c1nc2ccc(C(=O)NCCNC3CCCCC3)cc2[nH]1)c1ccncc1. The van der Waals surface area contributed by atoms with E-state index >= 15 is 0 Å². The number of Topliss-reactive ketones (excluding diaryl/α,β-unsaturated/α-hetero) is 1. The van der Waals surface area contributed by atoms with Crippen LogP contribution in [0.5, 0.6) is 0 Å². The van der Waals surface area contributed by atoms with Crippen LogP contribution >= 0.6 is 0 Å². The van der Waals surface area contributed by atoms with Gasteiger partial charge in [-0.15, -0.1) is 0 Å². The van der Waals surface area contributed by atoms with Gasteiger partial charge >= 0.3 is 0 Å². The molecule has 35 heavy (non-hydrogen) atoms. The molecule has 0 bridgehead atoms. The predicted octanol–water partition coefficient (Wildman–Crippen LogP) is 3.70. The molecule has 2 aromatic heterocycles. The molecule has 0 spiro atoms. The van der Waals surface area contributed by atoms with E-state index in [2.05, 4.69) is 30.6 Å². The van der Waals surface area contributed by atoms with E-state index in [9.17, 15) is 9.59 Å². The monoisotopic (exact) mass is 472 g/mol. The maximum atomic E-state index is 12.7. The fourth-order valence-corrected chi connectivity index (χ4v) is 4.41. The van der Waals surface area contributed by atoms with Gasteiger partial charge in [-0.05, 0) is 56.2 Å². The highest BCUT2D eigenvalue weighted by atomic mass is 16.1. The molecule has 8 heteroatoms. The van der Waals surface area contributed by atoms with E-state index in [0.29, 0.717) is 46.3 Å². The molecule has 1 aliphatic carbocycles. The van der Waals surface area contributed by atoms with Crippen molar-refractivity contribution in [2.45, 2.75) is 45.1 Å². The van der Waals surface area contributed by atoms with Crippen molar-refractivity contribution in [1.82, 2.24) is 25.6 Å². The molecule has 0 aliphatic heterocycles. The van der Waals surface area contributed by atoms with Gasteiger partial charge in [0.05, 0.1) is 22.3 Å². The van der Waals surface area contributed by atoms with Crippen LogP contribution in [0.2, 0.25) is 0 Å². The minimum atomic E-state index is -0.136. The van der Waals surface area contributed by atoms with Gasteiger partial charge in [-0.25, -0.2) is 4.98 Å². The van der Waals surface area contributed by atoms with E-state index in [1.807, 2.05) is 12.1 Å². The van der Waals surface area contributed by atoms with Crippen LogP contribution in [0.1, 0.15) is 60.8 Å². The Morgan fingerprint density at radius 2 is 1.86 bits per heavy atom. The molecule has 0 radical (unpaired) electrons. The lowest BCUT2D eigenvalue weighted by atomic mass is 9.95. The first-order valence-corrected chi connectivity index (χ1v) is 12.2. The molecule has 1 saturated carbocycles. The summed E-state index contributed by atoms with van der Waals surface area (Å²) in [4.78, 5) is 41.3. The van der Waals surface area contributed by atoms with E-state index < -0.39 is 0 Å². The summed E-state index contributed by atoms with van der Waals surface area (Å²) in [5.74, 6) is 0.175. The van der Waals surface area contributed by atoms with Gasteiger partial charge in [0.15, 0.2) is 5.78 Å². The summed E-state index contributed by atoms with van der Waals surface area (Å²) in [6, 6.07) is 9.56. The number of carbonyl (C=O) groups excluding carboxylic acids is 2. The molecule has 2 heterocycles. The lowest BCUT2D eigenvalue weighted by Gasteiger charge is -2.22. The smallest absolute Gasteiger partial charge is 0.251 e. The van der Waals surface area contributed by atoms with E-state index in [-0.39, 0.29) is 11.7 Å². The van der Waals surface area contributed by atoms with Crippen LogP contribution in [0.4, 0.5) is 0 Å². The predicted molar refractivity (Wildman–Crippen MR) is 139 cm³/mol. The normalized spacial score (nSPS) is 15.4. The van der Waals surface area contributed by atoms with Gasteiger partial charge in [0.2, 0.25) is 0 Å². The Balaban J connectivity index is 1.46. The van der Waals surface area contributed by atoms with Gasteiger partial charge in [0.25, 0.3) is 5.91 Å². The maximum Gasteiger partial charge on any atom is 0.251 e. The Morgan fingerprint density at radius 3 is 2.57 bits per heavy atom. The van der Waals surface area contributed by atoms with Gasteiger partial charge in [0.1, 0.15) is 5.82 Å². The molecule has 8 nitrogen and oxygen atoms in total. The maximum absolute atomic E-state index is 12.7. The number of allylic oxidation sites excluding steroid dienone is 2. The third-order valence-corrected chi connectivity index (χ3v) is 6.33. The second-order valence-corrected chi connectivity index (χ2v) is 8.82. The van der Waals surface area contributed by atoms with Crippen molar-refractivity contribution in [3.63, 3.8) is 0 Å². The second kappa shape index (κ2) is 11.7. The Kier molecular flexibility index (Phi) is 8.15. The van der Waals surface area contributed by atoms with Gasteiger partial charge in [-0.1, -0.05) is 19.3 Å². The van der Waals surface area contributed by atoms with Crippen LogP contribution in [0.25, 0.3) is 16.6 Å². The number of H-pyrrole nitrogens is 1. The van der Waals surface area contributed by atoms with E-state index in [1.165, 1.54) is 39.0 Å². The summed E-state index contributed by atoms with van der Waals surface area (Å²) >= 11 is 0. The van der Waals surface area contributed by atoms with Crippen molar-refractivity contribution in [2.75, 3.05) is 20.1 Å². The molecular formula is C27H32N6O2. The van der Waals surface area contributed by atoms with Crippen molar-refractivity contribution in [1.29, 1.82) is 0 Å². The molecule has 3 aromatic rings. The third-order valence-electron chi connectivity index (χ3n) is 6.33. The van der Waals surface area contributed by atoms with Crippen molar-refractivity contribution in [3.05, 3.63) is 65.8 Å². The third kappa shape index (κ3) is 6.27. The summed E-state index contributed by atoms with van der Waals surface area (Å²) < 4.78 is 0. The number of hydrogen-bond donors (Lipinski definition) is 3. The Hall–Kier alpha value is -3.65. The standard InChI is InChI=1S/C27H32N6O2/c1-18(34)22(17-24(28-2)19-10-12-29-13-11-19)26-32-23-9-8-20(16-25(23)33-26)27(35)31-15-14-30-21-6-4-3-5-7-21/h8-13,16-17,21,30H,3-7,14-15H2,1-2H3,(H,31,35)(H,32,33)/b22-17+,28-24?. The molecule has 3 N–H and O–H groups in total. The van der Waals surface area contributed by atoms with Gasteiger partial charge < -0.3 is 15.6 Å². The van der Waals surface area contributed by atoms with Crippen LogP contribution < -0.4 is 10.6 Å². The number of aromatic amines is 1. The molecule has 1 aliphatic rings. The number of pyridine rings is 1. The molecule has 182 valence electrons. The van der Waals surface area contributed by atoms with Crippen LogP contribution in [0.3, 0.4) is 0 Å². The van der Waals surface area contributed by atoms with Crippen molar-refractivity contribution < 1.29 is 9.59 Å². The molecule has 0 atom stereocenters. The summed E-state index contributed by atoms with van der Waals surface area (Å²) in [5.41, 5.74) is 3.85.